The zero-order chi connectivity index (χ0) is 21.6. The van der Waals surface area contributed by atoms with Crippen molar-refractivity contribution >= 4 is 17.7 Å². The van der Waals surface area contributed by atoms with Crippen LogP contribution in [0.2, 0.25) is 0 Å². The number of H-pyrrole nitrogens is 1. The first-order valence-electron chi connectivity index (χ1n) is 10.5. The molecule has 1 aliphatic rings. The van der Waals surface area contributed by atoms with E-state index in [0.717, 1.165) is 25.7 Å². The maximum Gasteiger partial charge on any atom is 0.354 e. The number of aromatic nitrogens is 1. The molecule has 0 unspecified atom stereocenters. The average Bonchev–Trinajstić information content (AvgIpc) is 3.34. The Morgan fingerprint density at radius 3 is 2.45 bits per heavy atom. The summed E-state index contributed by atoms with van der Waals surface area (Å²) in [5, 5.41) is 0. The van der Waals surface area contributed by atoms with Crippen LogP contribution in [0.15, 0.2) is 0 Å². The Balaban J connectivity index is 2.25. The molecular weight excluding hydrogens is 372 g/mol. The summed E-state index contributed by atoms with van der Waals surface area (Å²) in [5.41, 5.74) is 1.92. The highest BCUT2D eigenvalue weighted by atomic mass is 16.5. The number of amides is 1. The molecule has 1 amide bonds. The fourth-order valence-corrected chi connectivity index (χ4v) is 4.16. The van der Waals surface area contributed by atoms with E-state index in [1.165, 1.54) is 7.11 Å². The zero-order valence-electron chi connectivity index (χ0n) is 18.3. The molecule has 2 rings (SSSR count). The van der Waals surface area contributed by atoms with Gasteiger partial charge in [-0.25, -0.2) is 4.79 Å². The van der Waals surface area contributed by atoms with E-state index in [9.17, 15) is 14.4 Å². The molecule has 0 saturated heterocycles. The summed E-state index contributed by atoms with van der Waals surface area (Å²) in [6.45, 7) is 8.87. The topological polar surface area (TPSA) is 88.7 Å². The number of Topliss-reactive ketones (excluding diaryl/α,β-unsaturated/α-hetero) is 1. The Hall–Kier alpha value is -2.15. The standard InChI is InChI=1S/C22H34N2O5/c1-6-29-13-9-12-24(21(26)17-10-7-8-11-17)16(4)20(25)18-14(2)19(22(27)28-5)23-15(18)3/h16-17,23H,6-13H2,1-5H3/t16-/m0/s1. The van der Waals surface area contributed by atoms with Gasteiger partial charge in [0.1, 0.15) is 5.69 Å². The van der Waals surface area contributed by atoms with Crippen LogP contribution in [0.25, 0.3) is 0 Å². The molecule has 1 aliphatic carbocycles. The fraction of sp³-hybridized carbons (Fsp3) is 0.682. The van der Waals surface area contributed by atoms with Crippen molar-refractivity contribution < 1.29 is 23.9 Å². The second-order valence-corrected chi connectivity index (χ2v) is 7.72. The van der Waals surface area contributed by atoms with Gasteiger partial charge in [-0.15, -0.1) is 0 Å². The van der Waals surface area contributed by atoms with Gasteiger partial charge in [0.2, 0.25) is 5.91 Å². The Labute approximate surface area is 173 Å². The Kier molecular flexibility index (Phi) is 8.44. The second kappa shape index (κ2) is 10.6. The van der Waals surface area contributed by atoms with Crippen LogP contribution in [0.1, 0.15) is 78.1 Å². The van der Waals surface area contributed by atoms with Gasteiger partial charge in [-0.2, -0.15) is 0 Å². The molecule has 1 aromatic rings. The van der Waals surface area contributed by atoms with Crippen molar-refractivity contribution in [3.05, 3.63) is 22.5 Å². The maximum absolute atomic E-state index is 13.4. The second-order valence-electron chi connectivity index (χ2n) is 7.72. The number of aromatic amines is 1. The van der Waals surface area contributed by atoms with Gasteiger partial charge in [-0.1, -0.05) is 12.8 Å². The van der Waals surface area contributed by atoms with Gasteiger partial charge in [-0.3, -0.25) is 9.59 Å². The van der Waals surface area contributed by atoms with Crippen LogP contribution in [-0.2, 0) is 14.3 Å². The van der Waals surface area contributed by atoms with E-state index in [-0.39, 0.29) is 23.3 Å². The van der Waals surface area contributed by atoms with Crippen LogP contribution in [-0.4, -0.2) is 60.5 Å². The highest BCUT2D eigenvalue weighted by molar-refractivity contribution is 6.06. The molecule has 1 N–H and O–H groups in total. The SMILES string of the molecule is CCOCCCN(C(=O)C1CCCC1)[C@@H](C)C(=O)c1c(C)[nH]c(C(=O)OC)c1C. The van der Waals surface area contributed by atoms with E-state index in [0.29, 0.717) is 43.0 Å². The molecule has 162 valence electrons. The molecule has 1 atom stereocenters. The fourth-order valence-electron chi connectivity index (χ4n) is 4.16. The molecule has 7 heteroatoms. The quantitative estimate of drug-likeness (QED) is 0.365. The average molecular weight is 407 g/mol. The van der Waals surface area contributed by atoms with Crippen LogP contribution in [0.5, 0.6) is 0 Å². The summed E-state index contributed by atoms with van der Waals surface area (Å²) in [6.07, 6.45) is 4.57. The van der Waals surface area contributed by atoms with Gasteiger partial charge in [0.25, 0.3) is 0 Å². The van der Waals surface area contributed by atoms with Crippen LogP contribution < -0.4 is 0 Å². The van der Waals surface area contributed by atoms with Gasteiger partial charge in [0, 0.05) is 36.9 Å². The molecule has 0 aromatic carbocycles. The minimum Gasteiger partial charge on any atom is -0.464 e. The number of ether oxygens (including phenoxy) is 2. The lowest BCUT2D eigenvalue weighted by Crippen LogP contribution is -2.46. The van der Waals surface area contributed by atoms with E-state index < -0.39 is 12.0 Å². The third-order valence-electron chi connectivity index (χ3n) is 5.80. The van der Waals surface area contributed by atoms with Crippen molar-refractivity contribution in [2.45, 2.75) is 65.8 Å². The van der Waals surface area contributed by atoms with Gasteiger partial charge in [0.15, 0.2) is 5.78 Å². The Morgan fingerprint density at radius 1 is 1.21 bits per heavy atom. The molecule has 29 heavy (non-hydrogen) atoms. The van der Waals surface area contributed by atoms with Crippen molar-refractivity contribution in [1.29, 1.82) is 0 Å². The summed E-state index contributed by atoms with van der Waals surface area (Å²) in [7, 11) is 1.31. The van der Waals surface area contributed by atoms with E-state index in [1.807, 2.05) is 6.92 Å². The lowest BCUT2D eigenvalue weighted by Gasteiger charge is -2.31. The number of aryl methyl sites for hydroxylation is 1. The number of methoxy groups -OCH3 is 1. The molecule has 1 aromatic heterocycles. The van der Waals surface area contributed by atoms with Crippen LogP contribution >= 0.6 is 0 Å². The van der Waals surface area contributed by atoms with Crippen LogP contribution in [0, 0.1) is 19.8 Å². The predicted octanol–water partition coefficient (Wildman–Crippen LogP) is 3.43. The number of carbonyl (C=O) groups excluding carboxylic acids is 3. The smallest absolute Gasteiger partial charge is 0.354 e. The molecule has 0 bridgehead atoms. The molecule has 0 spiro atoms. The molecule has 1 heterocycles. The number of nitrogens with zero attached hydrogens (tertiary/aromatic N) is 1. The van der Waals surface area contributed by atoms with Crippen molar-refractivity contribution in [3.63, 3.8) is 0 Å². The summed E-state index contributed by atoms with van der Waals surface area (Å²) >= 11 is 0. The summed E-state index contributed by atoms with van der Waals surface area (Å²) < 4.78 is 10.2. The highest BCUT2D eigenvalue weighted by Crippen LogP contribution is 2.29. The van der Waals surface area contributed by atoms with Gasteiger partial charge in [0.05, 0.1) is 13.2 Å². The Morgan fingerprint density at radius 2 is 1.86 bits per heavy atom. The largest absolute Gasteiger partial charge is 0.464 e. The Bertz CT molecular complexity index is 734. The normalized spacial score (nSPS) is 15.3. The van der Waals surface area contributed by atoms with E-state index >= 15 is 0 Å². The molecular formula is C22H34N2O5. The summed E-state index contributed by atoms with van der Waals surface area (Å²) in [5.74, 6) is -0.614. The molecule has 0 radical (unpaired) electrons. The summed E-state index contributed by atoms with van der Waals surface area (Å²) in [6, 6.07) is -0.608. The first-order chi connectivity index (χ1) is 13.8. The van der Waals surface area contributed by atoms with Gasteiger partial charge >= 0.3 is 5.97 Å². The zero-order valence-corrected chi connectivity index (χ0v) is 18.3. The van der Waals surface area contributed by atoms with Gasteiger partial charge < -0.3 is 19.4 Å². The minimum absolute atomic E-state index is 0.00334. The minimum atomic E-state index is -0.608. The first-order valence-corrected chi connectivity index (χ1v) is 10.5. The number of esters is 1. The van der Waals surface area contributed by atoms with E-state index in [4.69, 9.17) is 9.47 Å². The molecule has 1 fully saturated rings. The lowest BCUT2D eigenvalue weighted by atomic mass is 9.98. The molecule has 0 aliphatic heterocycles. The predicted molar refractivity (Wildman–Crippen MR) is 110 cm³/mol. The van der Waals surface area contributed by atoms with E-state index in [1.54, 1.807) is 25.7 Å². The number of hydrogen-bond acceptors (Lipinski definition) is 5. The maximum atomic E-state index is 13.4. The summed E-state index contributed by atoms with van der Waals surface area (Å²) in [4.78, 5) is 43.2. The monoisotopic (exact) mass is 406 g/mol. The third kappa shape index (κ3) is 5.26. The van der Waals surface area contributed by atoms with Crippen LogP contribution in [0.3, 0.4) is 0 Å². The first kappa shape index (κ1) is 23.1. The third-order valence-corrected chi connectivity index (χ3v) is 5.80. The molecule has 1 saturated carbocycles. The van der Waals surface area contributed by atoms with Crippen LogP contribution in [0.4, 0.5) is 0 Å². The van der Waals surface area contributed by atoms with Gasteiger partial charge in [-0.05, 0) is 52.5 Å². The van der Waals surface area contributed by atoms with Crippen molar-refractivity contribution in [2.75, 3.05) is 26.9 Å². The number of rotatable bonds is 10. The molecule has 7 nitrogen and oxygen atoms in total. The van der Waals surface area contributed by atoms with Crippen molar-refractivity contribution in [1.82, 2.24) is 9.88 Å². The number of carbonyl (C=O) groups is 3. The number of nitrogens with one attached hydrogen (secondary N) is 1. The number of ketones is 1. The number of hydrogen-bond donors (Lipinski definition) is 1. The highest BCUT2D eigenvalue weighted by Gasteiger charge is 2.34. The van der Waals surface area contributed by atoms with Crippen molar-refractivity contribution in [3.8, 4) is 0 Å². The van der Waals surface area contributed by atoms with Crippen molar-refractivity contribution in [2.24, 2.45) is 5.92 Å². The lowest BCUT2D eigenvalue weighted by molar-refractivity contribution is -0.136. The van der Waals surface area contributed by atoms with E-state index in [2.05, 4.69) is 4.98 Å².